The fourth-order valence-electron chi connectivity index (χ4n) is 1.84. The zero-order valence-corrected chi connectivity index (χ0v) is 10.7. The number of hydrogen-bond donors (Lipinski definition) is 1. The topological polar surface area (TPSA) is 68.4 Å². The van der Waals surface area contributed by atoms with Gasteiger partial charge in [-0.2, -0.15) is 4.98 Å². The predicted octanol–water partition coefficient (Wildman–Crippen LogP) is 2.58. The Bertz CT molecular complexity index is 561. The maximum atomic E-state index is 9.51. The first-order chi connectivity index (χ1) is 9.22. The smallest absolute Gasteiger partial charge is 0.264 e. The minimum absolute atomic E-state index is 0.253. The summed E-state index contributed by atoms with van der Waals surface area (Å²) >= 11 is 0. The van der Waals surface area contributed by atoms with Gasteiger partial charge in [-0.1, -0.05) is 17.3 Å². The van der Waals surface area contributed by atoms with E-state index >= 15 is 0 Å². The van der Waals surface area contributed by atoms with Crippen molar-refractivity contribution in [1.29, 1.82) is 0 Å². The maximum Gasteiger partial charge on any atom is 0.264 e. The van der Waals surface area contributed by atoms with Crippen LogP contribution in [0.25, 0.3) is 0 Å². The van der Waals surface area contributed by atoms with E-state index in [1.807, 2.05) is 24.3 Å². The van der Waals surface area contributed by atoms with Crippen molar-refractivity contribution < 1.29 is 14.4 Å². The van der Waals surface area contributed by atoms with E-state index in [0.717, 1.165) is 24.2 Å². The van der Waals surface area contributed by atoms with E-state index in [2.05, 4.69) is 10.1 Å². The number of aromatic nitrogens is 2. The number of hydrogen-bond acceptors (Lipinski definition) is 5. The van der Waals surface area contributed by atoms with Gasteiger partial charge in [0, 0.05) is 5.92 Å². The zero-order chi connectivity index (χ0) is 13.2. The summed E-state index contributed by atoms with van der Waals surface area (Å²) in [6, 6.07) is 7.35. The van der Waals surface area contributed by atoms with Gasteiger partial charge in [0.2, 0.25) is 0 Å². The van der Waals surface area contributed by atoms with Crippen molar-refractivity contribution in [1.82, 2.24) is 10.1 Å². The van der Waals surface area contributed by atoms with Crippen LogP contribution in [-0.4, -0.2) is 15.2 Å². The molecule has 5 nitrogen and oxygen atoms in total. The lowest BCUT2D eigenvalue weighted by Crippen LogP contribution is -1.97. The Balaban J connectivity index is 1.62. The highest BCUT2D eigenvalue weighted by Crippen LogP contribution is 2.38. The van der Waals surface area contributed by atoms with Crippen LogP contribution in [0.3, 0.4) is 0 Å². The van der Waals surface area contributed by atoms with E-state index in [1.54, 1.807) is 6.92 Å². The molecule has 5 heteroatoms. The average Bonchev–Trinajstić information content (AvgIpc) is 3.16. The molecule has 1 aliphatic carbocycles. The second-order valence-electron chi connectivity index (χ2n) is 4.86. The average molecular weight is 260 g/mol. The predicted molar refractivity (Wildman–Crippen MR) is 67.7 cm³/mol. The highest BCUT2D eigenvalue weighted by molar-refractivity contribution is 5.29. The Morgan fingerprint density at radius 2 is 2.32 bits per heavy atom. The normalized spacial score (nSPS) is 16.3. The van der Waals surface area contributed by atoms with E-state index in [0.29, 0.717) is 17.6 Å². The summed E-state index contributed by atoms with van der Waals surface area (Å²) in [7, 11) is 0. The third-order valence-electron chi connectivity index (χ3n) is 3.13. The highest BCUT2D eigenvalue weighted by atomic mass is 16.5. The quantitative estimate of drug-likeness (QED) is 0.894. The number of aliphatic hydroxyl groups excluding tert-OH is 1. The summed E-state index contributed by atoms with van der Waals surface area (Å²) in [6.07, 6.45) is 1.79. The molecule has 19 heavy (non-hydrogen) atoms. The second kappa shape index (κ2) is 5.01. The van der Waals surface area contributed by atoms with Gasteiger partial charge in [-0.3, -0.25) is 0 Å². The van der Waals surface area contributed by atoms with Gasteiger partial charge in [-0.25, -0.2) is 0 Å². The van der Waals surface area contributed by atoms with Crippen molar-refractivity contribution in [3.63, 3.8) is 0 Å². The first-order valence-corrected chi connectivity index (χ1v) is 6.45. The molecule has 0 unspecified atom stereocenters. The molecule has 0 bridgehead atoms. The molecule has 1 aliphatic rings. The van der Waals surface area contributed by atoms with Crippen molar-refractivity contribution >= 4 is 0 Å². The number of benzene rings is 1. The number of rotatable bonds is 5. The number of nitrogens with zero attached hydrogens (tertiary/aromatic N) is 2. The zero-order valence-electron chi connectivity index (χ0n) is 10.7. The molecule has 0 spiro atoms. The SMILES string of the molecule is C[C@H](O)c1cccc(OCc2nc(C3CC3)no2)c1. The molecule has 1 fully saturated rings. The standard InChI is InChI=1S/C14H16N2O3/c1-9(17)11-3-2-4-12(7-11)18-8-13-15-14(16-19-13)10-5-6-10/h2-4,7,9-10,17H,5-6,8H2,1H3/t9-/m0/s1. The van der Waals surface area contributed by atoms with Gasteiger partial charge in [-0.15, -0.1) is 0 Å². The Morgan fingerprint density at radius 3 is 3.05 bits per heavy atom. The van der Waals surface area contributed by atoms with Crippen LogP contribution in [0.1, 0.15) is 49.1 Å². The minimum atomic E-state index is -0.506. The van der Waals surface area contributed by atoms with Crippen LogP contribution in [0.5, 0.6) is 5.75 Å². The van der Waals surface area contributed by atoms with Gasteiger partial charge in [0.05, 0.1) is 6.10 Å². The Labute approximate surface area is 111 Å². The van der Waals surface area contributed by atoms with Gasteiger partial charge in [0.1, 0.15) is 5.75 Å². The maximum absolute atomic E-state index is 9.51. The van der Waals surface area contributed by atoms with E-state index in [4.69, 9.17) is 9.26 Å². The lowest BCUT2D eigenvalue weighted by Gasteiger charge is -2.07. The van der Waals surface area contributed by atoms with Crippen LogP contribution >= 0.6 is 0 Å². The number of ether oxygens (including phenoxy) is 1. The van der Waals surface area contributed by atoms with E-state index in [-0.39, 0.29) is 6.61 Å². The molecule has 1 atom stereocenters. The van der Waals surface area contributed by atoms with Crippen molar-refractivity contribution in [3.05, 3.63) is 41.5 Å². The molecule has 1 heterocycles. The van der Waals surface area contributed by atoms with Crippen LogP contribution in [0, 0.1) is 0 Å². The first kappa shape index (κ1) is 12.2. The Morgan fingerprint density at radius 1 is 1.47 bits per heavy atom. The van der Waals surface area contributed by atoms with Gasteiger partial charge in [0.25, 0.3) is 5.89 Å². The van der Waals surface area contributed by atoms with Crippen LogP contribution in [0.2, 0.25) is 0 Å². The van der Waals surface area contributed by atoms with E-state index in [9.17, 15) is 5.11 Å². The molecule has 0 amide bonds. The molecule has 2 aromatic rings. The Kier molecular flexibility index (Phi) is 3.21. The Hall–Kier alpha value is -1.88. The van der Waals surface area contributed by atoms with Gasteiger partial charge >= 0.3 is 0 Å². The lowest BCUT2D eigenvalue weighted by molar-refractivity contribution is 0.197. The van der Waals surface area contributed by atoms with Crippen molar-refractivity contribution in [3.8, 4) is 5.75 Å². The summed E-state index contributed by atoms with van der Waals surface area (Å²) in [6.45, 7) is 1.97. The molecule has 3 rings (SSSR count). The second-order valence-corrected chi connectivity index (χ2v) is 4.86. The van der Waals surface area contributed by atoms with Crippen LogP contribution < -0.4 is 4.74 Å². The molecule has 100 valence electrons. The van der Waals surface area contributed by atoms with Crippen molar-refractivity contribution in [2.75, 3.05) is 0 Å². The summed E-state index contributed by atoms with van der Waals surface area (Å²) in [5.41, 5.74) is 0.821. The van der Waals surface area contributed by atoms with E-state index in [1.165, 1.54) is 0 Å². The number of aliphatic hydroxyl groups is 1. The molecule has 0 radical (unpaired) electrons. The largest absolute Gasteiger partial charge is 0.484 e. The van der Waals surface area contributed by atoms with Gasteiger partial charge in [-0.05, 0) is 37.5 Å². The summed E-state index contributed by atoms with van der Waals surface area (Å²) in [5.74, 6) is 2.45. The lowest BCUT2D eigenvalue weighted by atomic mass is 10.1. The molecule has 1 saturated carbocycles. The molecule has 1 aromatic carbocycles. The van der Waals surface area contributed by atoms with Crippen LogP contribution in [0.15, 0.2) is 28.8 Å². The fraction of sp³-hybridized carbons (Fsp3) is 0.429. The summed E-state index contributed by atoms with van der Waals surface area (Å²) in [4.78, 5) is 4.29. The fourth-order valence-corrected chi connectivity index (χ4v) is 1.84. The highest BCUT2D eigenvalue weighted by Gasteiger charge is 2.28. The van der Waals surface area contributed by atoms with Crippen LogP contribution in [0.4, 0.5) is 0 Å². The van der Waals surface area contributed by atoms with Gasteiger partial charge in [0.15, 0.2) is 12.4 Å². The van der Waals surface area contributed by atoms with E-state index < -0.39 is 6.10 Å². The molecule has 0 aliphatic heterocycles. The van der Waals surface area contributed by atoms with Crippen LogP contribution in [-0.2, 0) is 6.61 Å². The van der Waals surface area contributed by atoms with Crippen molar-refractivity contribution in [2.24, 2.45) is 0 Å². The third-order valence-corrected chi connectivity index (χ3v) is 3.13. The molecule has 1 N–H and O–H groups in total. The third kappa shape index (κ3) is 2.93. The van der Waals surface area contributed by atoms with Gasteiger partial charge < -0.3 is 14.4 Å². The van der Waals surface area contributed by atoms with Crippen molar-refractivity contribution in [2.45, 2.75) is 38.4 Å². The molecular weight excluding hydrogens is 244 g/mol. The monoisotopic (exact) mass is 260 g/mol. The molecule has 0 saturated heterocycles. The first-order valence-electron chi connectivity index (χ1n) is 6.45. The summed E-state index contributed by atoms with van der Waals surface area (Å²) < 4.78 is 10.7. The molecule has 1 aromatic heterocycles. The minimum Gasteiger partial charge on any atom is -0.484 e. The molecular formula is C14H16N2O3. The summed E-state index contributed by atoms with van der Waals surface area (Å²) in [5, 5.41) is 13.4.